The van der Waals surface area contributed by atoms with Gasteiger partial charge in [0.2, 0.25) is 11.8 Å². The van der Waals surface area contributed by atoms with Crippen LogP contribution in [-0.2, 0) is 14.3 Å². The molecule has 0 saturated carbocycles. The standard InChI is InChI=1S/C12H23N3O3/c1-9(2)3-5-18-6-4-13-12(17)10-7-15-11(16)8-14-10/h9-10,14H,3-8H2,1-2H3,(H,13,17)(H,15,16). The van der Waals surface area contributed by atoms with Crippen LogP contribution in [0.3, 0.4) is 0 Å². The molecule has 3 N–H and O–H groups in total. The van der Waals surface area contributed by atoms with Gasteiger partial charge in [-0.3, -0.25) is 14.9 Å². The van der Waals surface area contributed by atoms with E-state index in [0.29, 0.717) is 25.6 Å². The largest absolute Gasteiger partial charge is 0.380 e. The minimum Gasteiger partial charge on any atom is -0.380 e. The Bertz CT molecular complexity index is 272. The van der Waals surface area contributed by atoms with E-state index in [4.69, 9.17) is 4.74 Å². The molecular formula is C12H23N3O3. The molecule has 1 heterocycles. The number of rotatable bonds is 7. The summed E-state index contributed by atoms with van der Waals surface area (Å²) < 4.78 is 5.39. The molecule has 0 aromatic heterocycles. The van der Waals surface area contributed by atoms with Gasteiger partial charge in [0.25, 0.3) is 0 Å². The van der Waals surface area contributed by atoms with Gasteiger partial charge in [0.05, 0.1) is 13.2 Å². The zero-order chi connectivity index (χ0) is 13.4. The average Bonchev–Trinajstić information content (AvgIpc) is 2.34. The second kappa shape index (κ2) is 8.05. The second-order valence-electron chi connectivity index (χ2n) is 4.82. The smallest absolute Gasteiger partial charge is 0.239 e. The highest BCUT2D eigenvalue weighted by Gasteiger charge is 2.22. The van der Waals surface area contributed by atoms with E-state index in [-0.39, 0.29) is 24.4 Å². The van der Waals surface area contributed by atoms with Crippen molar-refractivity contribution in [1.82, 2.24) is 16.0 Å². The van der Waals surface area contributed by atoms with E-state index in [0.717, 1.165) is 13.0 Å². The van der Waals surface area contributed by atoms with Crippen LogP contribution in [0.15, 0.2) is 0 Å². The molecular weight excluding hydrogens is 234 g/mol. The Labute approximate surface area is 108 Å². The van der Waals surface area contributed by atoms with Crippen molar-refractivity contribution in [2.45, 2.75) is 26.3 Å². The zero-order valence-corrected chi connectivity index (χ0v) is 11.1. The summed E-state index contributed by atoms with van der Waals surface area (Å²) in [7, 11) is 0. The summed E-state index contributed by atoms with van der Waals surface area (Å²) in [5.74, 6) is 0.466. The Morgan fingerprint density at radius 3 is 2.89 bits per heavy atom. The predicted octanol–water partition coefficient (Wildman–Crippen LogP) is -0.747. The summed E-state index contributed by atoms with van der Waals surface area (Å²) in [5, 5.41) is 8.29. The van der Waals surface area contributed by atoms with Crippen LogP contribution in [0.1, 0.15) is 20.3 Å². The molecule has 1 atom stereocenters. The van der Waals surface area contributed by atoms with Crippen LogP contribution < -0.4 is 16.0 Å². The summed E-state index contributed by atoms with van der Waals surface area (Å²) in [6.45, 7) is 6.59. The molecule has 18 heavy (non-hydrogen) atoms. The van der Waals surface area contributed by atoms with Gasteiger partial charge in [-0.1, -0.05) is 13.8 Å². The van der Waals surface area contributed by atoms with Gasteiger partial charge in [0.15, 0.2) is 0 Å². The highest BCUT2D eigenvalue weighted by atomic mass is 16.5. The maximum absolute atomic E-state index is 11.7. The van der Waals surface area contributed by atoms with Gasteiger partial charge in [-0.25, -0.2) is 0 Å². The number of piperazine rings is 1. The van der Waals surface area contributed by atoms with Crippen molar-refractivity contribution in [3.05, 3.63) is 0 Å². The molecule has 1 aliphatic rings. The first-order chi connectivity index (χ1) is 8.59. The van der Waals surface area contributed by atoms with E-state index in [1.807, 2.05) is 0 Å². The van der Waals surface area contributed by atoms with Crippen LogP contribution in [-0.4, -0.2) is 50.7 Å². The molecule has 6 nitrogen and oxygen atoms in total. The Morgan fingerprint density at radius 1 is 1.50 bits per heavy atom. The van der Waals surface area contributed by atoms with Crippen LogP contribution in [0.5, 0.6) is 0 Å². The monoisotopic (exact) mass is 257 g/mol. The van der Waals surface area contributed by atoms with Crippen molar-refractivity contribution in [2.75, 3.05) is 32.8 Å². The molecule has 0 aliphatic carbocycles. The van der Waals surface area contributed by atoms with E-state index < -0.39 is 0 Å². The third kappa shape index (κ3) is 5.97. The molecule has 1 unspecified atom stereocenters. The van der Waals surface area contributed by atoms with Crippen LogP contribution in [0.2, 0.25) is 0 Å². The number of nitrogens with one attached hydrogen (secondary N) is 3. The Morgan fingerprint density at radius 2 is 2.28 bits per heavy atom. The van der Waals surface area contributed by atoms with Gasteiger partial charge < -0.3 is 15.4 Å². The third-order valence-electron chi connectivity index (χ3n) is 2.71. The Kier molecular flexibility index (Phi) is 6.67. The van der Waals surface area contributed by atoms with E-state index in [1.54, 1.807) is 0 Å². The maximum atomic E-state index is 11.7. The molecule has 0 bridgehead atoms. The fourth-order valence-electron chi connectivity index (χ4n) is 1.54. The van der Waals surface area contributed by atoms with Crippen molar-refractivity contribution < 1.29 is 14.3 Å². The molecule has 1 aliphatic heterocycles. The highest BCUT2D eigenvalue weighted by Crippen LogP contribution is 1.98. The van der Waals surface area contributed by atoms with Crippen LogP contribution >= 0.6 is 0 Å². The van der Waals surface area contributed by atoms with Gasteiger partial charge >= 0.3 is 0 Å². The zero-order valence-electron chi connectivity index (χ0n) is 11.1. The lowest BCUT2D eigenvalue weighted by atomic mass is 10.1. The van der Waals surface area contributed by atoms with E-state index in [2.05, 4.69) is 29.8 Å². The summed E-state index contributed by atoms with van der Waals surface area (Å²) >= 11 is 0. The normalized spacial score (nSPS) is 19.7. The number of hydrogen-bond donors (Lipinski definition) is 3. The fraction of sp³-hybridized carbons (Fsp3) is 0.833. The fourth-order valence-corrected chi connectivity index (χ4v) is 1.54. The van der Waals surface area contributed by atoms with Crippen molar-refractivity contribution in [3.8, 4) is 0 Å². The lowest BCUT2D eigenvalue weighted by Crippen LogP contribution is -2.58. The van der Waals surface area contributed by atoms with Gasteiger partial charge in [0.1, 0.15) is 6.04 Å². The van der Waals surface area contributed by atoms with Crippen LogP contribution in [0.4, 0.5) is 0 Å². The van der Waals surface area contributed by atoms with Gasteiger partial charge in [-0.15, -0.1) is 0 Å². The first kappa shape index (κ1) is 14.9. The topological polar surface area (TPSA) is 79.5 Å². The molecule has 104 valence electrons. The molecule has 0 aromatic carbocycles. The maximum Gasteiger partial charge on any atom is 0.239 e. The molecule has 0 spiro atoms. The lowest BCUT2D eigenvalue weighted by Gasteiger charge is -2.23. The molecule has 0 radical (unpaired) electrons. The molecule has 1 saturated heterocycles. The third-order valence-corrected chi connectivity index (χ3v) is 2.71. The van der Waals surface area contributed by atoms with Crippen molar-refractivity contribution in [3.63, 3.8) is 0 Å². The lowest BCUT2D eigenvalue weighted by molar-refractivity contribution is -0.126. The summed E-state index contributed by atoms with van der Waals surface area (Å²) in [6, 6.07) is -0.335. The minimum absolute atomic E-state index is 0.0731. The molecule has 2 amide bonds. The van der Waals surface area contributed by atoms with Gasteiger partial charge in [-0.2, -0.15) is 0 Å². The Hall–Kier alpha value is -1.14. The highest BCUT2D eigenvalue weighted by molar-refractivity contribution is 5.86. The Balaban J connectivity index is 2.01. The van der Waals surface area contributed by atoms with Crippen molar-refractivity contribution in [1.29, 1.82) is 0 Å². The number of ether oxygens (including phenoxy) is 1. The summed E-state index contributed by atoms with van der Waals surface area (Å²) in [6.07, 6.45) is 1.03. The number of hydrogen-bond acceptors (Lipinski definition) is 4. The molecule has 1 rings (SSSR count). The quantitative estimate of drug-likeness (QED) is 0.525. The van der Waals surface area contributed by atoms with Crippen molar-refractivity contribution >= 4 is 11.8 Å². The second-order valence-corrected chi connectivity index (χ2v) is 4.82. The predicted molar refractivity (Wildman–Crippen MR) is 68.1 cm³/mol. The van der Waals surface area contributed by atoms with Crippen LogP contribution in [0, 0.1) is 5.92 Å². The number of carbonyl (C=O) groups excluding carboxylic acids is 2. The molecule has 6 heteroatoms. The molecule has 1 fully saturated rings. The minimum atomic E-state index is -0.335. The summed E-state index contributed by atoms with van der Waals surface area (Å²) in [4.78, 5) is 22.6. The van der Waals surface area contributed by atoms with E-state index in [9.17, 15) is 9.59 Å². The first-order valence-corrected chi connectivity index (χ1v) is 6.45. The first-order valence-electron chi connectivity index (χ1n) is 6.45. The summed E-state index contributed by atoms with van der Waals surface area (Å²) in [5.41, 5.74) is 0. The number of carbonyl (C=O) groups is 2. The molecule has 0 aromatic rings. The van der Waals surface area contributed by atoms with Gasteiger partial charge in [-0.05, 0) is 12.3 Å². The number of amides is 2. The van der Waals surface area contributed by atoms with Gasteiger partial charge in [0, 0.05) is 19.7 Å². The van der Waals surface area contributed by atoms with Crippen molar-refractivity contribution in [2.24, 2.45) is 5.92 Å². The SMILES string of the molecule is CC(C)CCOCCNC(=O)C1CNC(=O)CN1. The van der Waals surface area contributed by atoms with E-state index in [1.165, 1.54) is 0 Å². The average molecular weight is 257 g/mol. The van der Waals surface area contributed by atoms with Crippen LogP contribution in [0.25, 0.3) is 0 Å². The van der Waals surface area contributed by atoms with E-state index >= 15 is 0 Å².